The third kappa shape index (κ3) is 3.69. The van der Waals surface area contributed by atoms with Gasteiger partial charge in [0.1, 0.15) is 11.9 Å². The molecule has 0 unspecified atom stereocenters. The van der Waals surface area contributed by atoms with Crippen molar-refractivity contribution in [3.8, 4) is 5.75 Å². The zero-order chi connectivity index (χ0) is 14.8. The molecule has 0 aromatic heterocycles. The molecule has 2 aromatic carbocycles. The fraction of sp³-hybridized carbons (Fsp3) is 0.294. The Balaban J connectivity index is 0.00000176. The lowest BCUT2D eigenvalue weighted by molar-refractivity contribution is 0.0986. The van der Waals surface area contributed by atoms with Gasteiger partial charge in [-0.1, -0.05) is 47.5 Å². The van der Waals surface area contributed by atoms with Crippen LogP contribution in [0.15, 0.2) is 42.5 Å². The maximum Gasteiger partial charge on any atom is 0.129 e. The van der Waals surface area contributed by atoms with E-state index in [0.717, 1.165) is 30.0 Å². The topological polar surface area (TPSA) is 21.3 Å². The fourth-order valence-electron chi connectivity index (χ4n) is 2.48. The van der Waals surface area contributed by atoms with E-state index < -0.39 is 0 Å². The predicted octanol–water partition coefficient (Wildman–Crippen LogP) is 5.06. The molecule has 2 nitrogen and oxygen atoms in total. The summed E-state index contributed by atoms with van der Waals surface area (Å²) in [5, 5.41) is 4.44. The third-order valence-electron chi connectivity index (χ3n) is 3.86. The highest BCUT2D eigenvalue weighted by molar-refractivity contribution is 6.42. The second kappa shape index (κ2) is 7.56. The number of para-hydroxylation sites is 1. The third-order valence-corrected chi connectivity index (χ3v) is 4.60. The van der Waals surface area contributed by atoms with Crippen LogP contribution in [-0.2, 0) is 0 Å². The van der Waals surface area contributed by atoms with Crippen molar-refractivity contribution in [2.75, 3.05) is 13.1 Å². The minimum Gasteiger partial charge on any atom is -0.485 e. The number of halogens is 3. The van der Waals surface area contributed by atoms with E-state index in [1.807, 2.05) is 36.4 Å². The van der Waals surface area contributed by atoms with Gasteiger partial charge in [0.2, 0.25) is 0 Å². The van der Waals surface area contributed by atoms with Crippen LogP contribution in [0.4, 0.5) is 0 Å². The van der Waals surface area contributed by atoms with E-state index in [9.17, 15) is 0 Å². The first-order chi connectivity index (χ1) is 10.1. The predicted molar refractivity (Wildman–Crippen MR) is 94.6 cm³/mol. The highest BCUT2D eigenvalue weighted by Gasteiger charge is 2.30. The number of benzene rings is 2. The molecule has 1 fully saturated rings. The van der Waals surface area contributed by atoms with Gasteiger partial charge in [0.25, 0.3) is 0 Å². The van der Waals surface area contributed by atoms with Crippen LogP contribution >= 0.6 is 35.6 Å². The smallest absolute Gasteiger partial charge is 0.129 e. The maximum atomic E-state index is 6.29. The molecule has 0 spiro atoms. The molecule has 5 heteroatoms. The second-order valence-electron chi connectivity index (χ2n) is 5.40. The van der Waals surface area contributed by atoms with Gasteiger partial charge in [0.15, 0.2) is 0 Å². The summed E-state index contributed by atoms with van der Waals surface area (Å²) in [6.45, 7) is 3.97. The first-order valence-corrected chi connectivity index (χ1v) is 7.78. The molecule has 0 bridgehead atoms. The van der Waals surface area contributed by atoms with E-state index in [1.54, 1.807) is 0 Å². The van der Waals surface area contributed by atoms with Crippen molar-refractivity contribution in [3.63, 3.8) is 0 Å². The van der Waals surface area contributed by atoms with Gasteiger partial charge in [-0.05, 0) is 36.2 Å². The van der Waals surface area contributed by atoms with Crippen LogP contribution in [0.3, 0.4) is 0 Å². The molecule has 1 heterocycles. The molecule has 1 atom stereocenters. The summed E-state index contributed by atoms with van der Waals surface area (Å²) in [6, 6.07) is 13.8. The largest absolute Gasteiger partial charge is 0.485 e. The molecule has 1 N–H and O–H groups in total. The highest BCUT2D eigenvalue weighted by atomic mass is 35.5. The van der Waals surface area contributed by atoms with Crippen LogP contribution in [0.1, 0.15) is 17.2 Å². The molecule has 1 saturated heterocycles. The summed E-state index contributed by atoms with van der Waals surface area (Å²) in [6.07, 6.45) is -0.0119. The molecule has 0 amide bonds. The fourth-order valence-corrected chi connectivity index (χ4v) is 2.78. The van der Waals surface area contributed by atoms with Crippen molar-refractivity contribution in [1.82, 2.24) is 5.32 Å². The van der Waals surface area contributed by atoms with E-state index in [4.69, 9.17) is 27.9 Å². The summed E-state index contributed by atoms with van der Waals surface area (Å²) in [5.41, 5.74) is 2.20. The van der Waals surface area contributed by atoms with Crippen LogP contribution in [0.2, 0.25) is 10.0 Å². The summed E-state index contributed by atoms with van der Waals surface area (Å²) in [4.78, 5) is 0. The van der Waals surface area contributed by atoms with Gasteiger partial charge in [-0.3, -0.25) is 0 Å². The van der Waals surface area contributed by atoms with Crippen molar-refractivity contribution in [1.29, 1.82) is 0 Å². The monoisotopic (exact) mass is 357 g/mol. The van der Waals surface area contributed by atoms with Gasteiger partial charge in [-0.2, -0.15) is 0 Å². The summed E-state index contributed by atoms with van der Waals surface area (Å²) in [5.74, 6) is 1.36. The minimum absolute atomic E-state index is 0. The normalized spacial score (nSPS) is 15.6. The molecule has 0 aliphatic carbocycles. The van der Waals surface area contributed by atoms with Gasteiger partial charge in [0.05, 0.1) is 10.0 Å². The Morgan fingerprint density at radius 3 is 2.41 bits per heavy atom. The van der Waals surface area contributed by atoms with Crippen molar-refractivity contribution >= 4 is 35.6 Å². The second-order valence-corrected chi connectivity index (χ2v) is 6.21. The number of hydrogen-bond donors (Lipinski definition) is 1. The van der Waals surface area contributed by atoms with Crippen LogP contribution in [0.5, 0.6) is 5.75 Å². The van der Waals surface area contributed by atoms with E-state index >= 15 is 0 Å². The highest BCUT2D eigenvalue weighted by Crippen LogP contribution is 2.34. The van der Waals surface area contributed by atoms with Gasteiger partial charge in [-0.15, -0.1) is 12.4 Å². The van der Waals surface area contributed by atoms with Gasteiger partial charge < -0.3 is 10.1 Å². The molecule has 2 aromatic rings. The molecule has 118 valence electrons. The summed E-state index contributed by atoms with van der Waals surface area (Å²) >= 11 is 12.2. The van der Waals surface area contributed by atoms with E-state index in [0.29, 0.717) is 16.0 Å². The Bertz CT molecular complexity index is 644. The van der Waals surface area contributed by atoms with E-state index in [2.05, 4.69) is 18.3 Å². The Morgan fingerprint density at radius 1 is 1.09 bits per heavy atom. The molecule has 22 heavy (non-hydrogen) atoms. The Labute approximate surface area is 147 Å². The molecule has 0 radical (unpaired) electrons. The lowest BCUT2D eigenvalue weighted by Crippen LogP contribution is -2.46. The lowest BCUT2D eigenvalue weighted by Gasteiger charge is -2.35. The Hall–Kier alpha value is -0.930. The lowest BCUT2D eigenvalue weighted by atomic mass is 9.90. The van der Waals surface area contributed by atoms with Crippen molar-refractivity contribution in [2.24, 2.45) is 5.92 Å². The minimum atomic E-state index is -0.0119. The standard InChI is InChI=1S/C17H17Cl2NO.ClH/c1-11-4-2-3-5-16(11)21-17(13-9-20-10-13)12-6-7-14(18)15(19)8-12;/h2-8,13,17,20H,9-10H2,1H3;1H/t17-;/m1./s1. The molecular weight excluding hydrogens is 341 g/mol. The van der Waals surface area contributed by atoms with Crippen LogP contribution in [-0.4, -0.2) is 13.1 Å². The Kier molecular flexibility index (Phi) is 5.99. The van der Waals surface area contributed by atoms with Crippen LogP contribution in [0, 0.1) is 12.8 Å². The van der Waals surface area contributed by atoms with Crippen molar-refractivity contribution < 1.29 is 4.74 Å². The maximum absolute atomic E-state index is 6.29. The average molecular weight is 359 g/mol. The van der Waals surface area contributed by atoms with Crippen molar-refractivity contribution in [2.45, 2.75) is 13.0 Å². The van der Waals surface area contributed by atoms with Crippen LogP contribution < -0.4 is 10.1 Å². The molecule has 3 rings (SSSR count). The zero-order valence-electron chi connectivity index (χ0n) is 12.2. The van der Waals surface area contributed by atoms with E-state index in [1.165, 1.54) is 0 Å². The SMILES string of the molecule is Cc1ccccc1O[C@H](c1ccc(Cl)c(Cl)c1)C1CNC1.Cl. The summed E-state index contributed by atoms with van der Waals surface area (Å²) in [7, 11) is 0. The molecular formula is C17H18Cl3NO. The van der Waals surface area contributed by atoms with E-state index in [-0.39, 0.29) is 18.5 Å². The number of ether oxygens (including phenoxy) is 1. The first kappa shape index (κ1) is 17.4. The molecule has 1 aliphatic heterocycles. The Morgan fingerprint density at radius 2 is 1.82 bits per heavy atom. The number of nitrogens with one attached hydrogen (secondary N) is 1. The average Bonchev–Trinajstić information content (AvgIpc) is 2.41. The summed E-state index contributed by atoms with van der Waals surface area (Å²) < 4.78 is 6.29. The quantitative estimate of drug-likeness (QED) is 0.824. The number of hydrogen-bond acceptors (Lipinski definition) is 2. The van der Waals surface area contributed by atoms with Crippen molar-refractivity contribution in [3.05, 3.63) is 63.6 Å². The first-order valence-electron chi connectivity index (χ1n) is 7.03. The number of rotatable bonds is 4. The van der Waals surface area contributed by atoms with Gasteiger partial charge >= 0.3 is 0 Å². The van der Waals surface area contributed by atoms with Gasteiger partial charge in [0, 0.05) is 19.0 Å². The van der Waals surface area contributed by atoms with Crippen LogP contribution in [0.25, 0.3) is 0 Å². The zero-order valence-corrected chi connectivity index (χ0v) is 14.5. The number of aryl methyl sites for hydroxylation is 1. The molecule has 1 aliphatic rings. The van der Waals surface area contributed by atoms with Gasteiger partial charge in [-0.25, -0.2) is 0 Å². The molecule has 0 saturated carbocycles.